The number of thiophene rings is 1. The Morgan fingerprint density at radius 2 is 2.29 bits per heavy atom. The largest absolute Gasteiger partial charge is 0.351 e. The summed E-state index contributed by atoms with van der Waals surface area (Å²) in [4.78, 5) is 14.0. The molecule has 1 N–H and O–H groups in total. The molecular weight excluding hydrogens is 258 g/mol. The van der Waals surface area contributed by atoms with Crippen molar-refractivity contribution in [1.29, 1.82) is 0 Å². The number of rotatable bonds is 3. The van der Waals surface area contributed by atoms with Crippen molar-refractivity contribution in [3.05, 3.63) is 21.9 Å². The first kappa shape index (κ1) is 12.6. The minimum absolute atomic E-state index is 0.00228. The molecule has 1 aliphatic rings. The van der Waals surface area contributed by atoms with Crippen LogP contribution in [0.4, 0.5) is 0 Å². The van der Waals surface area contributed by atoms with Gasteiger partial charge in [-0.2, -0.15) is 0 Å². The van der Waals surface area contributed by atoms with E-state index in [2.05, 4.69) is 5.32 Å². The zero-order valence-corrected chi connectivity index (χ0v) is 11.2. The normalized spacial score (nSPS) is 22.5. The quantitative estimate of drug-likeness (QED) is 0.897. The predicted octanol–water partition coefficient (Wildman–Crippen LogP) is 1.11. The maximum atomic E-state index is 11.7. The Morgan fingerprint density at radius 3 is 2.82 bits per heavy atom. The standard InChI is InChI=1S/C11H15NO3S2/c1-8-2-3-10(16-8)6-12-11(13)9-4-5-17(14,15)7-9/h2-3,9H,4-7H2,1H3,(H,12,13). The van der Waals surface area contributed by atoms with E-state index in [0.29, 0.717) is 13.0 Å². The van der Waals surface area contributed by atoms with Crippen molar-refractivity contribution in [2.24, 2.45) is 5.92 Å². The van der Waals surface area contributed by atoms with Crippen LogP contribution in [0.3, 0.4) is 0 Å². The Hall–Kier alpha value is -0.880. The molecule has 1 atom stereocenters. The van der Waals surface area contributed by atoms with Crippen molar-refractivity contribution in [2.75, 3.05) is 11.5 Å². The molecule has 1 aliphatic heterocycles. The van der Waals surface area contributed by atoms with E-state index in [4.69, 9.17) is 0 Å². The fourth-order valence-corrected chi connectivity index (χ4v) is 4.47. The zero-order valence-electron chi connectivity index (χ0n) is 9.60. The highest BCUT2D eigenvalue weighted by molar-refractivity contribution is 7.91. The van der Waals surface area contributed by atoms with E-state index in [9.17, 15) is 13.2 Å². The Labute approximate surface area is 105 Å². The van der Waals surface area contributed by atoms with Crippen molar-refractivity contribution in [3.8, 4) is 0 Å². The Bertz CT molecular complexity index is 519. The second kappa shape index (κ2) is 4.78. The van der Waals surface area contributed by atoms with Gasteiger partial charge in [0, 0.05) is 9.75 Å². The molecule has 1 aromatic heterocycles. The van der Waals surface area contributed by atoms with Crippen molar-refractivity contribution >= 4 is 27.1 Å². The fourth-order valence-electron chi connectivity index (χ4n) is 1.90. The molecule has 1 unspecified atom stereocenters. The second-order valence-corrected chi connectivity index (χ2v) is 7.93. The summed E-state index contributed by atoms with van der Waals surface area (Å²) in [5.74, 6) is -0.357. The average molecular weight is 273 g/mol. The fraction of sp³-hybridized carbons (Fsp3) is 0.545. The van der Waals surface area contributed by atoms with E-state index >= 15 is 0 Å². The summed E-state index contributed by atoms with van der Waals surface area (Å²) in [5, 5.41) is 2.80. The van der Waals surface area contributed by atoms with Crippen LogP contribution in [0.2, 0.25) is 0 Å². The van der Waals surface area contributed by atoms with Gasteiger partial charge in [-0.1, -0.05) is 0 Å². The first-order valence-electron chi connectivity index (χ1n) is 5.50. The minimum Gasteiger partial charge on any atom is -0.351 e. The molecule has 0 aromatic carbocycles. The summed E-state index contributed by atoms with van der Waals surface area (Å²) in [6.07, 6.45) is 0.456. The summed E-state index contributed by atoms with van der Waals surface area (Å²) < 4.78 is 22.5. The van der Waals surface area contributed by atoms with Crippen LogP contribution in [-0.2, 0) is 21.2 Å². The van der Waals surface area contributed by atoms with Gasteiger partial charge in [0.05, 0.1) is 24.0 Å². The van der Waals surface area contributed by atoms with E-state index < -0.39 is 9.84 Å². The zero-order chi connectivity index (χ0) is 12.5. The van der Waals surface area contributed by atoms with Crippen molar-refractivity contribution in [3.63, 3.8) is 0 Å². The lowest BCUT2D eigenvalue weighted by Gasteiger charge is -2.08. The lowest BCUT2D eigenvalue weighted by Crippen LogP contribution is -2.30. The van der Waals surface area contributed by atoms with Crippen LogP contribution < -0.4 is 5.32 Å². The van der Waals surface area contributed by atoms with Gasteiger partial charge in [0.1, 0.15) is 0 Å². The first-order chi connectivity index (χ1) is 7.96. The van der Waals surface area contributed by atoms with Crippen molar-refractivity contribution in [2.45, 2.75) is 19.9 Å². The molecule has 1 amide bonds. The number of sulfone groups is 1. The second-order valence-electron chi connectivity index (χ2n) is 4.33. The lowest BCUT2D eigenvalue weighted by molar-refractivity contribution is -0.124. The predicted molar refractivity (Wildman–Crippen MR) is 67.7 cm³/mol. The number of nitrogens with one attached hydrogen (secondary N) is 1. The highest BCUT2D eigenvalue weighted by Crippen LogP contribution is 2.19. The molecule has 1 fully saturated rings. The van der Waals surface area contributed by atoms with Crippen LogP contribution >= 0.6 is 11.3 Å². The monoisotopic (exact) mass is 273 g/mol. The highest BCUT2D eigenvalue weighted by Gasteiger charge is 2.32. The van der Waals surface area contributed by atoms with Gasteiger partial charge in [0.2, 0.25) is 5.91 Å². The summed E-state index contributed by atoms with van der Waals surface area (Å²) >= 11 is 1.64. The molecule has 6 heteroatoms. The van der Waals surface area contributed by atoms with Crippen molar-refractivity contribution in [1.82, 2.24) is 5.32 Å². The number of hydrogen-bond acceptors (Lipinski definition) is 4. The molecule has 2 rings (SSSR count). The van der Waals surface area contributed by atoms with Gasteiger partial charge < -0.3 is 5.32 Å². The Balaban J connectivity index is 1.86. The molecule has 4 nitrogen and oxygen atoms in total. The van der Waals surface area contributed by atoms with Crippen molar-refractivity contribution < 1.29 is 13.2 Å². The van der Waals surface area contributed by atoms with Gasteiger partial charge >= 0.3 is 0 Å². The van der Waals surface area contributed by atoms with Crippen LogP contribution in [0.25, 0.3) is 0 Å². The van der Waals surface area contributed by atoms with Crippen LogP contribution in [0.5, 0.6) is 0 Å². The van der Waals surface area contributed by atoms with E-state index in [-0.39, 0.29) is 23.3 Å². The third-order valence-electron chi connectivity index (χ3n) is 2.84. The first-order valence-corrected chi connectivity index (χ1v) is 8.13. The van der Waals surface area contributed by atoms with E-state index in [1.54, 1.807) is 11.3 Å². The molecule has 0 radical (unpaired) electrons. The molecular formula is C11H15NO3S2. The van der Waals surface area contributed by atoms with Gasteiger partial charge in [-0.15, -0.1) is 11.3 Å². The number of carbonyl (C=O) groups excluding carboxylic acids is 1. The van der Waals surface area contributed by atoms with E-state index in [1.165, 1.54) is 4.88 Å². The van der Waals surface area contributed by atoms with E-state index in [0.717, 1.165) is 4.88 Å². The molecule has 2 heterocycles. The molecule has 0 aliphatic carbocycles. The molecule has 17 heavy (non-hydrogen) atoms. The van der Waals surface area contributed by atoms with E-state index in [1.807, 2.05) is 19.1 Å². The third kappa shape index (κ3) is 3.29. The van der Waals surface area contributed by atoms with Gasteiger partial charge in [-0.25, -0.2) is 8.42 Å². The maximum absolute atomic E-state index is 11.7. The SMILES string of the molecule is Cc1ccc(CNC(=O)C2CCS(=O)(=O)C2)s1. The number of aryl methyl sites for hydroxylation is 1. The smallest absolute Gasteiger partial charge is 0.224 e. The van der Waals surface area contributed by atoms with Gasteiger partial charge in [0.25, 0.3) is 0 Å². The highest BCUT2D eigenvalue weighted by atomic mass is 32.2. The lowest BCUT2D eigenvalue weighted by atomic mass is 10.1. The number of hydrogen-bond donors (Lipinski definition) is 1. The molecule has 0 spiro atoms. The molecule has 0 saturated carbocycles. The maximum Gasteiger partial charge on any atom is 0.224 e. The summed E-state index contributed by atoms with van der Waals surface area (Å²) in [7, 11) is -2.98. The number of amides is 1. The topological polar surface area (TPSA) is 63.2 Å². The average Bonchev–Trinajstić information content (AvgIpc) is 2.81. The van der Waals surface area contributed by atoms with Crippen LogP contribution in [0, 0.1) is 12.8 Å². The van der Waals surface area contributed by atoms with Gasteiger partial charge in [0.15, 0.2) is 9.84 Å². The summed E-state index contributed by atoms with van der Waals surface area (Å²) in [6, 6.07) is 3.98. The Morgan fingerprint density at radius 1 is 1.53 bits per heavy atom. The van der Waals surface area contributed by atoms with Gasteiger partial charge in [-0.3, -0.25) is 4.79 Å². The number of carbonyl (C=O) groups is 1. The molecule has 94 valence electrons. The summed E-state index contributed by atoms with van der Waals surface area (Å²) in [5.41, 5.74) is 0. The third-order valence-corrected chi connectivity index (χ3v) is 5.60. The minimum atomic E-state index is -2.98. The Kier molecular flexibility index (Phi) is 3.53. The van der Waals surface area contributed by atoms with Crippen LogP contribution in [0.1, 0.15) is 16.2 Å². The van der Waals surface area contributed by atoms with Crippen LogP contribution in [0.15, 0.2) is 12.1 Å². The van der Waals surface area contributed by atoms with Gasteiger partial charge in [-0.05, 0) is 25.5 Å². The molecule has 1 aromatic rings. The molecule has 1 saturated heterocycles. The van der Waals surface area contributed by atoms with Crippen LogP contribution in [-0.4, -0.2) is 25.8 Å². The summed E-state index contributed by atoms with van der Waals surface area (Å²) in [6.45, 7) is 2.51. The molecule has 0 bridgehead atoms.